The molecule has 3 rings (SSSR count). The third-order valence-electron chi connectivity index (χ3n) is 4.02. The fourth-order valence-electron chi connectivity index (χ4n) is 2.81. The molecule has 0 bridgehead atoms. The van der Waals surface area contributed by atoms with Gasteiger partial charge in [0.25, 0.3) is 11.6 Å². The first-order chi connectivity index (χ1) is 12.0. The van der Waals surface area contributed by atoms with E-state index >= 15 is 0 Å². The highest BCUT2D eigenvalue weighted by atomic mass is 16.6. The minimum Gasteiger partial charge on any atom is -0.486 e. The Morgan fingerprint density at radius 2 is 1.92 bits per heavy atom. The zero-order valence-corrected chi connectivity index (χ0v) is 14.0. The van der Waals surface area contributed by atoms with Gasteiger partial charge >= 0.3 is 0 Å². The van der Waals surface area contributed by atoms with Crippen molar-refractivity contribution in [1.82, 2.24) is 4.90 Å². The molecule has 25 heavy (non-hydrogen) atoms. The van der Waals surface area contributed by atoms with Gasteiger partial charge in [-0.05, 0) is 30.7 Å². The van der Waals surface area contributed by atoms with Crippen LogP contribution in [0.15, 0.2) is 36.4 Å². The monoisotopic (exact) mass is 342 g/mol. The molecule has 0 radical (unpaired) electrons. The second-order valence-electron chi connectivity index (χ2n) is 5.87. The maximum atomic E-state index is 12.7. The molecular formula is C18H18N2O5. The van der Waals surface area contributed by atoms with Crippen LogP contribution in [0, 0.1) is 17.0 Å². The molecule has 2 aromatic rings. The quantitative estimate of drug-likeness (QED) is 0.630. The first-order valence-electron chi connectivity index (χ1n) is 7.85. The Morgan fingerprint density at radius 1 is 1.20 bits per heavy atom. The van der Waals surface area contributed by atoms with Gasteiger partial charge < -0.3 is 14.4 Å². The maximum absolute atomic E-state index is 12.7. The van der Waals surface area contributed by atoms with Gasteiger partial charge in [0.1, 0.15) is 18.8 Å². The predicted octanol–water partition coefficient (Wildman–Crippen LogP) is 2.95. The van der Waals surface area contributed by atoms with E-state index in [1.54, 1.807) is 32.2 Å². The zero-order chi connectivity index (χ0) is 18.0. The molecule has 0 aliphatic carbocycles. The van der Waals surface area contributed by atoms with Crippen molar-refractivity contribution in [2.24, 2.45) is 0 Å². The second kappa shape index (κ2) is 6.80. The van der Waals surface area contributed by atoms with Crippen molar-refractivity contribution >= 4 is 11.6 Å². The Balaban J connectivity index is 1.82. The number of amides is 1. The number of hydrogen-bond donors (Lipinski definition) is 0. The third kappa shape index (κ3) is 3.40. The molecule has 0 saturated carbocycles. The number of benzene rings is 2. The number of para-hydroxylation sites is 1. The van der Waals surface area contributed by atoms with Crippen LogP contribution in [-0.4, -0.2) is 36.0 Å². The molecule has 1 heterocycles. The average molecular weight is 342 g/mol. The van der Waals surface area contributed by atoms with Gasteiger partial charge in [-0.25, -0.2) is 0 Å². The van der Waals surface area contributed by atoms with Crippen molar-refractivity contribution in [3.63, 3.8) is 0 Å². The van der Waals surface area contributed by atoms with Crippen LogP contribution in [0.4, 0.5) is 5.69 Å². The van der Waals surface area contributed by atoms with E-state index in [2.05, 4.69) is 0 Å². The van der Waals surface area contributed by atoms with Gasteiger partial charge in [0.05, 0.1) is 4.92 Å². The standard InChI is InChI=1S/C18H18N2O5/c1-12-4-3-5-14(17(12)20(22)23)18(21)19(2)11-13-6-7-15-16(10-13)25-9-8-24-15/h3-7,10H,8-9,11H2,1-2H3. The minimum absolute atomic E-state index is 0.0880. The summed E-state index contributed by atoms with van der Waals surface area (Å²) in [6, 6.07) is 10.2. The number of nitro benzene ring substituents is 1. The van der Waals surface area contributed by atoms with Crippen molar-refractivity contribution < 1.29 is 19.2 Å². The summed E-state index contributed by atoms with van der Waals surface area (Å²) in [6.07, 6.45) is 0. The first kappa shape index (κ1) is 16.8. The Morgan fingerprint density at radius 3 is 2.64 bits per heavy atom. The summed E-state index contributed by atoms with van der Waals surface area (Å²) in [5, 5.41) is 11.3. The van der Waals surface area contributed by atoms with Crippen LogP contribution in [0.2, 0.25) is 0 Å². The summed E-state index contributed by atoms with van der Waals surface area (Å²) < 4.78 is 11.0. The highest BCUT2D eigenvalue weighted by Crippen LogP contribution is 2.31. The van der Waals surface area contributed by atoms with Gasteiger partial charge in [-0.2, -0.15) is 0 Å². The topological polar surface area (TPSA) is 81.9 Å². The Hall–Kier alpha value is -3.09. The highest BCUT2D eigenvalue weighted by Gasteiger charge is 2.25. The van der Waals surface area contributed by atoms with Crippen LogP contribution in [0.25, 0.3) is 0 Å². The number of nitro groups is 1. The van der Waals surface area contributed by atoms with Crippen LogP contribution >= 0.6 is 0 Å². The minimum atomic E-state index is -0.513. The van der Waals surface area contributed by atoms with Crippen molar-refractivity contribution in [3.8, 4) is 11.5 Å². The number of rotatable bonds is 4. The van der Waals surface area contributed by atoms with E-state index in [-0.39, 0.29) is 11.3 Å². The number of ether oxygens (including phenoxy) is 2. The Bertz CT molecular complexity index is 834. The molecule has 0 unspecified atom stereocenters. The second-order valence-corrected chi connectivity index (χ2v) is 5.87. The fourth-order valence-corrected chi connectivity index (χ4v) is 2.81. The normalized spacial score (nSPS) is 12.6. The van der Waals surface area contributed by atoms with Crippen molar-refractivity contribution in [2.75, 3.05) is 20.3 Å². The lowest BCUT2D eigenvalue weighted by molar-refractivity contribution is -0.385. The van der Waals surface area contributed by atoms with Gasteiger partial charge in [0.2, 0.25) is 0 Å². The van der Waals surface area contributed by atoms with Crippen LogP contribution in [0.1, 0.15) is 21.5 Å². The number of fused-ring (bicyclic) bond motifs is 1. The van der Waals surface area contributed by atoms with E-state index in [4.69, 9.17) is 9.47 Å². The Labute approximate surface area is 144 Å². The lowest BCUT2D eigenvalue weighted by Gasteiger charge is -2.21. The van der Waals surface area contributed by atoms with Gasteiger partial charge in [-0.15, -0.1) is 0 Å². The molecule has 2 aromatic carbocycles. The number of carbonyl (C=O) groups is 1. The molecule has 1 aliphatic rings. The summed E-state index contributed by atoms with van der Waals surface area (Å²) >= 11 is 0. The van der Waals surface area contributed by atoms with Crippen molar-refractivity contribution in [3.05, 3.63) is 63.2 Å². The zero-order valence-electron chi connectivity index (χ0n) is 14.0. The number of carbonyl (C=O) groups excluding carboxylic acids is 1. The fraction of sp³-hybridized carbons (Fsp3) is 0.278. The van der Waals surface area contributed by atoms with Gasteiger partial charge in [0.15, 0.2) is 11.5 Å². The number of aryl methyl sites for hydroxylation is 1. The van der Waals surface area contributed by atoms with Gasteiger partial charge in [0, 0.05) is 19.2 Å². The van der Waals surface area contributed by atoms with E-state index in [0.29, 0.717) is 36.8 Å². The van der Waals surface area contributed by atoms with Crippen LogP contribution in [-0.2, 0) is 6.54 Å². The molecule has 7 heteroatoms. The van der Waals surface area contributed by atoms with Crippen LogP contribution in [0.5, 0.6) is 11.5 Å². The number of hydrogen-bond acceptors (Lipinski definition) is 5. The molecule has 0 saturated heterocycles. The number of nitrogens with zero attached hydrogens (tertiary/aromatic N) is 2. The molecule has 1 aliphatic heterocycles. The van der Waals surface area contributed by atoms with E-state index in [1.165, 1.54) is 11.0 Å². The summed E-state index contributed by atoms with van der Waals surface area (Å²) in [7, 11) is 1.62. The van der Waals surface area contributed by atoms with E-state index < -0.39 is 10.8 Å². The van der Waals surface area contributed by atoms with Crippen LogP contribution < -0.4 is 9.47 Å². The smallest absolute Gasteiger partial charge is 0.285 e. The molecule has 0 spiro atoms. The highest BCUT2D eigenvalue weighted by molar-refractivity contribution is 5.98. The van der Waals surface area contributed by atoms with E-state index in [0.717, 1.165) is 5.56 Å². The molecule has 0 aromatic heterocycles. The third-order valence-corrected chi connectivity index (χ3v) is 4.02. The summed E-state index contributed by atoms with van der Waals surface area (Å²) in [6.45, 7) is 2.93. The summed E-state index contributed by atoms with van der Waals surface area (Å²) in [5.41, 5.74) is 1.26. The van der Waals surface area contributed by atoms with Gasteiger partial charge in [-0.1, -0.05) is 18.2 Å². The average Bonchev–Trinajstić information content (AvgIpc) is 2.60. The van der Waals surface area contributed by atoms with Gasteiger partial charge in [-0.3, -0.25) is 14.9 Å². The molecule has 130 valence electrons. The van der Waals surface area contributed by atoms with Crippen molar-refractivity contribution in [1.29, 1.82) is 0 Å². The molecule has 0 atom stereocenters. The largest absolute Gasteiger partial charge is 0.486 e. The molecule has 0 N–H and O–H groups in total. The molecular weight excluding hydrogens is 324 g/mol. The molecule has 7 nitrogen and oxygen atoms in total. The lowest BCUT2D eigenvalue weighted by Crippen LogP contribution is -2.27. The summed E-state index contributed by atoms with van der Waals surface area (Å²) in [5.74, 6) is 0.926. The van der Waals surface area contributed by atoms with E-state index in [1.807, 2.05) is 12.1 Å². The van der Waals surface area contributed by atoms with Crippen LogP contribution in [0.3, 0.4) is 0 Å². The maximum Gasteiger partial charge on any atom is 0.285 e. The summed E-state index contributed by atoms with van der Waals surface area (Å²) in [4.78, 5) is 24.9. The van der Waals surface area contributed by atoms with E-state index in [9.17, 15) is 14.9 Å². The molecule has 1 amide bonds. The molecule has 0 fully saturated rings. The SMILES string of the molecule is Cc1cccc(C(=O)N(C)Cc2ccc3c(c2)OCCO3)c1[N+](=O)[O-]. The van der Waals surface area contributed by atoms with Crippen molar-refractivity contribution in [2.45, 2.75) is 13.5 Å². The Kier molecular flexibility index (Phi) is 4.56. The predicted molar refractivity (Wildman–Crippen MR) is 91.1 cm³/mol. The first-order valence-corrected chi connectivity index (χ1v) is 7.85. The lowest BCUT2D eigenvalue weighted by atomic mass is 10.1.